The maximum atomic E-state index is 6.78. The van der Waals surface area contributed by atoms with E-state index in [-0.39, 0.29) is 17.1 Å². The number of hydrogen-bond acceptors (Lipinski definition) is 3. The van der Waals surface area contributed by atoms with E-state index in [1.54, 1.807) is 0 Å². The minimum atomic E-state index is -1.30. The van der Waals surface area contributed by atoms with E-state index >= 15 is 0 Å². The smallest absolute Gasteiger partial charge is 0.283 e. The van der Waals surface area contributed by atoms with Crippen molar-refractivity contribution < 1.29 is 4.43 Å². The van der Waals surface area contributed by atoms with Gasteiger partial charge in [0, 0.05) is 18.1 Å². The van der Waals surface area contributed by atoms with E-state index in [4.69, 9.17) is 15.3 Å². The van der Waals surface area contributed by atoms with Crippen LogP contribution >= 0.6 is 0 Å². The largest absolute Gasteiger partial charge is 0.404 e. The monoisotopic (exact) mass is 446 g/mol. The van der Waals surface area contributed by atoms with Crippen LogP contribution in [0.1, 0.15) is 71.6 Å². The Hall–Kier alpha value is -2.37. The average Bonchev–Trinajstić information content (AvgIpc) is 3.09. The first kappa shape index (κ1) is 22.8. The molecule has 1 radical (unpaired) electrons. The summed E-state index contributed by atoms with van der Waals surface area (Å²) >= 11 is 0. The van der Waals surface area contributed by atoms with Gasteiger partial charge in [-0.3, -0.25) is 0 Å². The van der Waals surface area contributed by atoms with Gasteiger partial charge in [0.25, 0.3) is 9.04 Å². The molecule has 1 aliphatic carbocycles. The van der Waals surface area contributed by atoms with Gasteiger partial charge in [0.05, 0.1) is 11.2 Å². The summed E-state index contributed by atoms with van der Waals surface area (Å²) in [7, 11) is -1.30. The van der Waals surface area contributed by atoms with Crippen LogP contribution in [0.25, 0.3) is 0 Å². The van der Waals surface area contributed by atoms with Crippen molar-refractivity contribution in [2.75, 3.05) is 5.73 Å². The molecule has 1 saturated carbocycles. The maximum Gasteiger partial charge on any atom is 0.283 e. The molecular weight excluding hydrogens is 410 g/mol. The number of rotatable bonds is 5. The molecule has 4 rings (SSSR count). The summed E-state index contributed by atoms with van der Waals surface area (Å²) in [5.41, 5.74) is 8.72. The second-order valence-electron chi connectivity index (χ2n) is 11.0. The lowest BCUT2D eigenvalue weighted by Gasteiger charge is -2.36. The molecule has 0 atom stereocenters. The Bertz CT molecular complexity index is 1040. The van der Waals surface area contributed by atoms with Crippen LogP contribution in [-0.2, 0) is 15.4 Å². The van der Waals surface area contributed by atoms with Gasteiger partial charge in [0.1, 0.15) is 5.82 Å². The first-order valence-electron chi connectivity index (χ1n) is 11.6. The lowest BCUT2D eigenvalue weighted by atomic mass is 9.80. The van der Waals surface area contributed by atoms with Gasteiger partial charge in [0.2, 0.25) is 0 Å². The number of anilines is 1. The summed E-state index contributed by atoms with van der Waals surface area (Å²) < 4.78 is 8.71. The summed E-state index contributed by atoms with van der Waals surface area (Å²) in [6.07, 6.45) is 2.26. The fraction of sp³-hybridized carbons (Fsp3) is 0.444. The molecule has 2 aromatic carbocycles. The lowest BCUT2D eigenvalue weighted by Crippen LogP contribution is -2.49. The van der Waals surface area contributed by atoms with Gasteiger partial charge in [-0.05, 0) is 55.0 Å². The van der Waals surface area contributed by atoms with Crippen LogP contribution in [0, 0.1) is 0 Å². The fourth-order valence-corrected chi connectivity index (χ4v) is 6.33. The van der Waals surface area contributed by atoms with Crippen molar-refractivity contribution in [1.29, 1.82) is 0 Å². The van der Waals surface area contributed by atoms with E-state index < -0.39 is 9.04 Å². The van der Waals surface area contributed by atoms with E-state index in [1.165, 1.54) is 15.9 Å². The molecule has 0 aliphatic heterocycles. The summed E-state index contributed by atoms with van der Waals surface area (Å²) in [5.74, 6) is 1.16. The molecule has 1 aliphatic rings. The first-order chi connectivity index (χ1) is 15.0. The Morgan fingerprint density at radius 3 is 2.03 bits per heavy atom. The normalized spacial score (nSPS) is 19.2. The first-order valence-corrected chi connectivity index (χ1v) is 13.0. The topological polar surface area (TPSA) is 53.1 Å². The molecule has 1 heterocycles. The molecule has 4 nitrogen and oxygen atoms in total. The molecule has 0 saturated heterocycles. The van der Waals surface area contributed by atoms with E-state index in [0.717, 1.165) is 24.4 Å². The number of hydrogen-bond donors (Lipinski definition) is 1. The second kappa shape index (κ2) is 8.52. The molecular formula is C27H36N3OSi. The highest BCUT2D eigenvalue weighted by atomic mass is 28.3. The highest BCUT2D eigenvalue weighted by Gasteiger charge is 2.36. The summed E-state index contributed by atoms with van der Waals surface area (Å²) in [4.78, 5) is 0. The third-order valence-corrected chi connectivity index (χ3v) is 8.52. The van der Waals surface area contributed by atoms with E-state index in [9.17, 15) is 0 Å². The molecule has 0 bridgehead atoms. The van der Waals surface area contributed by atoms with E-state index in [2.05, 4.69) is 96.1 Å². The van der Waals surface area contributed by atoms with Gasteiger partial charge in [-0.1, -0.05) is 75.4 Å². The molecule has 32 heavy (non-hydrogen) atoms. The van der Waals surface area contributed by atoms with Crippen LogP contribution in [0.2, 0.25) is 0 Å². The maximum absolute atomic E-state index is 6.78. The zero-order valence-electron chi connectivity index (χ0n) is 20.2. The van der Waals surface area contributed by atoms with E-state index in [1.807, 2.05) is 10.7 Å². The van der Waals surface area contributed by atoms with Crippen LogP contribution in [0.5, 0.6) is 0 Å². The number of nitrogens with two attached hydrogens (primary N) is 1. The van der Waals surface area contributed by atoms with Gasteiger partial charge >= 0.3 is 0 Å². The SMILES string of the molecule is CC(C)(C)c1ccc([Si](OC2CC(c3cc(N)n(C(C)(C)C)n3)C2)c2ccccc2)cc1. The number of benzene rings is 2. The van der Waals surface area contributed by atoms with Gasteiger partial charge in [-0.15, -0.1) is 0 Å². The van der Waals surface area contributed by atoms with Gasteiger partial charge in [-0.25, -0.2) is 4.68 Å². The summed E-state index contributed by atoms with van der Waals surface area (Å²) in [6, 6.07) is 21.8. The fourth-order valence-electron chi connectivity index (χ4n) is 4.24. The molecule has 0 spiro atoms. The number of nitrogens with zero attached hydrogens (tertiary/aromatic N) is 2. The van der Waals surface area contributed by atoms with Gasteiger partial charge < -0.3 is 10.2 Å². The van der Waals surface area contributed by atoms with Crippen molar-refractivity contribution in [3.63, 3.8) is 0 Å². The van der Waals surface area contributed by atoms with Crippen LogP contribution in [-0.4, -0.2) is 24.9 Å². The molecule has 3 aromatic rings. The Balaban J connectivity index is 1.49. The van der Waals surface area contributed by atoms with Crippen LogP contribution < -0.4 is 16.1 Å². The third kappa shape index (κ3) is 4.84. The van der Waals surface area contributed by atoms with Crippen LogP contribution in [0.15, 0.2) is 60.7 Å². The molecule has 0 unspecified atom stereocenters. The van der Waals surface area contributed by atoms with Crippen molar-refractivity contribution in [1.82, 2.24) is 9.78 Å². The second-order valence-corrected chi connectivity index (χ2v) is 13.1. The Kier molecular flexibility index (Phi) is 6.08. The van der Waals surface area contributed by atoms with Crippen molar-refractivity contribution in [2.24, 2.45) is 0 Å². The Labute approximate surface area is 194 Å². The molecule has 5 heteroatoms. The highest BCUT2D eigenvalue weighted by Crippen LogP contribution is 2.39. The summed E-state index contributed by atoms with van der Waals surface area (Å²) in [5, 5.41) is 7.41. The van der Waals surface area contributed by atoms with Crippen molar-refractivity contribution in [3.05, 3.63) is 71.9 Å². The zero-order valence-corrected chi connectivity index (χ0v) is 21.2. The van der Waals surface area contributed by atoms with Gasteiger partial charge in [-0.2, -0.15) is 5.10 Å². The van der Waals surface area contributed by atoms with Crippen LogP contribution in [0.3, 0.4) is 0 Å². The Morgan fingerprint density at radius 1 is 0.906 bits per heavy atom. The minimum absolute atomic E-state index is 0.106. The Morgan fingerprint density at radius 2 is 1.50 bits per heavy atom. The molecule has 2 N–H and O–H groups in total. The molecule has 0 amide bonds. The average molecular weight is 447 g/mol. The number of aromatic nitrogens is 2. The predicted molar refractivity (Wildman–Crippen MR) is 135 cm³/mol. The molecule has 1 fully saturated rings. The standard InChI is InChI=1S/C27H36N3OSi/c1-26(2,3)20-12-14-23(15-13-20)32(22-10-8-7-9-11-22)31-21-16-19(17-21)24-18-25(28)30(29-24)27(4,5)6/h7-15,18-19,21H,16-17,28H2,1-6H3. The molecule has 1 aromatic heterocycles. The van der Waals surface area contributed by atoms with E-state index in [0.29, 0.717) is 5.92 Å². The van der Waals surface area contributed by atoms with Crippen LogP contribution in [0.4, 0.5) is 5.82 Å². The van der Waals surface area contributed by atoms with Crippen molar-refractivity contribution in [3.8, 4) is 0 Å². The minimum Gasteiger partial charge on any atom is -0.404 e. The highest BCUT2D eigenvalue weighted by molar-refractivity contribution is 6.80. The predicted octanol–water partition coefficient (Wildman–Crippen LogP) is 4.59. The third-order valence-electron chi connectivity index (χ3n) is 6.24. The molecule has 169 valence electrons. The van der Waals surface area contributed by atoms with Gasteiger partial charge in [0.15, 0.2) is 0 Å². The summed E-state index contributed by atoms with van der Waals surface area (Å²) in [6.45, 7) is 13.2. The van der Waals surface area contributed by atoms with Crippen molar-refractivity contribution >= 4 is 25.2 Å². The number of nitrogen functional groups attached to an aromatic ring is 1. The van der Waals surface area contributed by atoms with Crippen molar-refractivity contribution in [2.45, 2.75) is 77.4 Å². The quantitative estimate of drug-likeness (QED) is 0.584. The lowest BCUT2D eigenvalue weighted by molar-refractivity contribution is 0.0995. The zero-order chi connectivity index (χ0) is 23.1.